The molecule has 0 radical (unpaired) electrons. The summed E-state index contributed by atoms with van der Waals surface area (Å²) in [5, 5.41) is 18.0. The number of rotatable bonds is 6. The Morgan fingerprint density at radius 3 is 2.71 bits per heavy atom. The van der Waals surface area contributed by atoms with Crippen LogP contribution >= 0.6 is 0 Å². The van der Waals surface area contributed by atoms with Gasteiger partial charge in [0.1, 0.15) is 12.8 Å². The summed E-state index contributed by atoms with van der Waals surface area (Å²) in [4.78, 5) is 0. The molecule has 0 saturated heterocycles. The van der Waals surface area contributed by atoms with E-state index in [1.165, 1.54) is 0 Å². The second-order valence-electron chi connectivity index (χ2n) is 5.26. The molecule has 0 bridgehead atoms. The van der Waals surface area contributed by atoms with Crippen LogP contribution in [0.3, 0.4) is 0 Å². The third-order valence-electron chi connectivity index (χ3n) is 2.58. The Balaban J connectivity index is 2.48. The van der Waals surface area contributed by atoms with Crippen molar-refractivity contribution in [3.8, 4) is 6.07 Å². The minimum Gasteiger partial charge on any atom is -0.390 e. The minimum absolute atomic E-state index is 0.132. The minimum atomic E-state index is -1.05. The monoisotopic (exact) mass is 252 g/mol. The maximum atomic E-state index is 9.18. The van der Waals surface area contributed by atoms with E-state index in [1.807, 2.05) is 0 Å². The zero-order valence-electron chi connectivity index (χ0n) is 10.7. The van der Waals surface area contributed by atoms with Crippen molar-refractivity contribution in [2.75, 3.05) is 6.61 Å². The van der Waals surface area contributed by atoms with Gasteiger partial charge in [0.2, 0.25) is 0 Å². The fraction of sp³-hybridized carbons (Fsp3) is 0.583. The van der Waals surface area contributed by atoms with E-state index in [0.29, 0.717) is 18.0 Å². The van der Waals surface area contributed by atoms with E-state index >= 15 is 0 Å². The summed E-state index contributed by atoms with van der Waals surface area (Å²) in [5.41, 5.74) is 1.14. The number of ether oxygens (including phenoxy) is 1. The fourth-order valence-corrected chi connectivity index (χ4v) is 2.20. The number of aliphatic hydroxyl groups is 1. The van der Waals surface area contributed by atoms with Crippen molar-refractivity contribution in [1.29, 1.82) is 5.26 Å². The van der Waals surface area contributed by atoms with E-state index in [0.717, 1.165) is 12.7 Å². The van der Waals surface area contributed by atoms with Crippen molar-refractivity contribution in [1.82, 2.24) is 4.57 Å². The number of hydrogen-bond donors (Lipinski definition) is 1. The molecule has 0 saturated carbocycles. The first kappa shape index (κ1) is 14.0. The van der Waals surface area contributed by atoms with Crippen molar-refractivity contribution in [3.63, 3.8) is 0 Å². The zero-order valence-corrected chi connectivity index (χ0v) is 11.7. The predicted molar refractivity (Wildman–Crippen MR) is 69.2 cm³/mol. The molecule has 1 heterocycles. The van der Waals surface area contributed by atoms with Crippen LogP contribution in [0.4, 0.5) is 0 Å². The quantitative estimate of drug-likeness (QED) is 0.623. The lowest BCUT2D eigenvalue weighted by atomic mass is 10.3. The lowest BCUT2D eigenvalue weighted by Gasteiger charge is -2.16. The Morgan fingerprint density at radius 1 is 1.47 bits per heavy atom. The summed E-state index contributed by atoms with van der Waals surface area (Å²) in [6.45, 7) is 7.92. The molecule has 0 amide bonds. The third-order valence-corrected chi connectivity index (χ3v) is 4.28. The fourth-order valence-electron chi connectivity index (χ4n) is 1.45. The van der Waals surface area contributed by atoms with Gasteiger partial charge in [-0.05, 0) is 12.1 Å². The highest BCUT2D eigenvalue weighted by molar-refractivity contribution is 6.76. The smallest absolute Gasteiger partial charge is 0.122 e. The topological polar surface area (TPSA) is 58.2 Å². The summed E-state index contributed by atoms with van der Waals surface area (Å²) in [6, 6.07) is 4.87. The maximum Gasteiger partial charge on any atom is 0.122 e. The van der Waals surface area contributed by atoms with E-state index in [-0.39, 0.29) is 6.61 Å². The molecule has 1 rings (SSSR count). The number of nitriles is 1. The normalized spacial score (nSPS) is 11.5. The number of nitrogens with zero attached hydrogens (tertiary/aromatic N) is 2. The van der Waals surface area contributed by atoms with Gasteiger partial charge in [0.05, 0.1) is 17.9 Å². The standard InChI is InChI=1S/C12H20N2O2Si/c1-17(2,3)7-6-16-10-14-5-4-11(8-13)12(14)9-15/h4-5,15H,6-7,9-10H2,1-3H3. The van der Waals surface area contributed by atoms with Crippen LogP contribution in [0, 0.1) is 11.3 Å². The van der Waals surface area contributed by atoms with Gasteiger partial charge in [0.15, 0.2) is 0 Å². The van der Waals surface area contributed by atoms with Gasteiger partial charge >= 0.3 is 0 Å². The molecule has 0 fully saturated rings. The van der Waals surface area contributed by atoms with Crippen LogP contribution in [-0.2, 0) is 18.1 Å². The van der Waals surface area contributed by atoms with E-state index in [2.05, 4.69) is 25.7 Å². The van der Waals surface area contributed by atoms with Crippen molar-refractivity contribution < 1.29 is 9.84 Å². The molecule has 0 spiro atoms. The SMILES string of the molecule is C[Si](C)(C)CCOCn1ccc(C#N)c1CO. The number of aliphatic hydroxyl groups excluding tert-OH is 1. The van der Waals surface area contributed by atoms with Crippen molar-refractivity contribution in [2.24, 2.45) is 0 Å². The van der Waals surface area contributed by atoms with Gasteiger partial charge < -0.3 is 14.4 Å². The lowest BCUT2D eigenvalue weighted by Crippen LogP contribution is -2.22. The molecule has 94 valence electrons. The molecule has 0 aromatic carbocycles. The van der Waals surface area contributed by atoms with Gasteiger partial charge in [0, 0.05) is 20.9 Å². The Hall–Kier alpha value is -1.09. The zero-order chi connectivity index (χ0) is 12.9. The number of hydrogen-bond acceptors (Lipinski definition) is 3. The van der Waals surface area contributed by atoms with Crippen LogP contribution in [0.15, 0.2) is 12.3 Å². The van der Waals surface area contributed by atoms with Crippen LogP contribution in [0.2, 0.25) is 25.7 Å². The molecule has 0 unspecified atom stereocenters. The van der Waals surface area contributed by atoms with Crippen LogP contribution in [0.1, 0.15) is 11.3 Å². The van der Waals surface area contributed by atoms with Crippen molar-refractivity contribution >= 4 is 8.07 Å². The highest BCUT2D eigenvalue weighted by atomic mass is 28.3. The summed E-state index contributed by atoms with van der Waals surface area (Å²) in [7, 11) is -1.05. The van der Waals surface area contributed by atoms with E-state index in [4.69, 9.17) is 10.00 Å². The third kappa shape index (κ3) is 4.34. The highest BCUT2D eigenvalue weighted by Gasteiger charge is 2.12. The van der Waals surface area contributed by atoms with E-state index < -0.39 is 8.07 Å². The molecule has 0 atom stereocenters. The average Bonchev–Trinajstić information content (AvgIpc) is 2.65. The van der Waals surface area contributed by atoms with Crippen LogP contribution in [0.5, 0.6) is 0 Å². The first-order chi connectivity index (χ1) is 7.98. The molecule has 17 heavy (non-hydrogen) atoms. The van der Waals surface area contributed by atoms with Gasteiger partial charge in [-0.2, -0.15) is 5.26 Å². The summed E-state index contributed by atoms with van der Waals surface area (Å²) < 4.78 is 7.35. The molecule has 0 aliphatic carbocycles. The van der Waals surface area contributed by atoms with E-state index in [9.17, 15) is 5.11 Å². The lowest BCUT2D eigenvalue weighted by molar-refractivity contribution is 0.0824. The highest BCUT2D eigenvalue weighted by Crippen LogP contribution is 2.11. The van der Waals surface area contributed by atoms with Gasteiger partial charge in [-0.15, -0.1) is 0 Å². The molecule has 0 aliphatic rings. The Labute approximate surface area is 103 Å². The molecular weight excluding hydrogens is 232 g/mol. The van der Waals surface area contributed by atoms with Gasteiger partial charge in [0.25, 0.3) is 0 Å². The van der Waals surface area contributed by atoms with Gasteiger partial charge in [-0.25, -0.2) is 0 Å². The second-order valence-corrected chi connectivity index (χ2v) is 10.9. The second kappa shape index (κ2) is 6.01. The largest absolute Gasteiger partial charge is 0.390 e. The van der Waals surface area contributed by atoms with Crippen LogP contribution in [0.25, 0.3) is 0 Å². The molecule has 4 nitrogen and oxygen atoms in total. The Bertz CT molecular complexity index is 402. The molecule has 5 heteroatoms. The average molecular weight is 252 g/mol. The van der Waals surface area contributed by atoms with Crippen molar-refractivity contribution in [2.45, 2.75) is 39.0 Å². The predicted octanol–water partition coefficient (Wildman–Crippen LogP) is 2.16. The molecular formula is C12H20N2O2Si. The summed E-state index contributed by atoms with van der Waals surface area (Å²) in [6.07, 6.45) is 1.78. The first-order valence-electron chi connectivity index (χ1n) is 5.74. The molecule has 1 aromatic heterocycles. The first-order valence-corrected chi connectivity index (χ1v) is 9.45. The van der Waals surface area contributed by atoms with Crippen LogP contribution in [-0.4, -0.2) is 24.4 Å². The van der Waals surface area contributed by atoms with Gasteiger partial charge in [-0.3, -0.25) is 0 Å². The number of aromatic nitrogens is 1. The Kier molecular flexibility index (Phi) is 4.94. The molecule has 1 aromatic rings. The van der Waals surface area contributed by atoms with Crippen molar-refractivity contribution in [3.05, 3.63) is 23.5 Å². The summed E-state index contributed by atoms with van der Waals surface area (Å²) in [5.74, 6) is 0. The molecule has 1 N–H and O–H groups in total. The maximum absolute atomic E-state index is 9.18. The van der Waals surface area contributed by atoms with Gasteiger partial charge in [-0.1, -0.05) is 19.6 Å². The van der Waals surface area contributed by atoms with E-state index in [1.54, 1.807) is 16.8 Å². The Morgan fingerprint density at radius 2 is 2.18 bits per heavy atom. The van der Waals surface area contributed by atoms with Crippen LogP contribution < -0.4 is 0 Å². The summed E-state index contributed by atoms with van der Waals surface area (Å²) >= 11 is 0. The molecule has 0 aliphatic heterocycles.